The molecule has 7 heteroatoms. The molecule has 0 aromatic heterocycles. The Bertz CT molecular complexity index is 855. The van der Waals surface area contributed by atoms with Crippen LogP contribution in [0, 0.1) is 11.8 Å². The van der Waals surface area contributed by atoms with E-state index in [0.29, 0.717) is 38.8 Å². The molecule has 25 heavy (non-hydrogen) atoms. The Morgan fingerprint density at radius 3 is 2.44 bits per heavy atom. The van der Waals surface area contributed by atoms with Crippen molar-refractivity contribution in [1.29, 1.82) is 0 Å². The lowest BCUT2D eigenvalue weighted by atomic mass is 9.88. The van der Waals surface area contributed by atoms with Crippen LogP contribution in [-0.2, 0) is 4.79 Å². The fourth-order valence-electron chi connectivity index (χ4n) is 3.02. The standard InChI is InChI=1S/C18H18Cl2N4O/c1-4-9(3)11(5-2)17-21-15-14(23-24-18(25)16(15)22-17)12-7-6-10(19)8-13(12)20/h6-9,11H,4-5H2,1-3H3. The molecule has 3 rings (SSSR count). The zero-order chi connectivity index (χ0) is 18.1. The smallest absolute Gasteiger partial charge is 0.263 e. The van der Waals surface area contributed by atoms with Crippen molar-refractivity contribution in [2.45, 2.75) is 33.6 Å². The second kappa shape index (κ2) is 7.18. The first kappa shape index (κ1) is 18.0. The number of aliphatic imine (C=N–C) groups is 2. The molecule has 5 nitrogen and oxygen atoms in total. The van der Waals surface area contributed by atoms with Crippen LogP contribution in [0.2, 0.25) is 10.0 Å². The van der Waals surface area contributed by atoms with Gasteiger partial charge < -0.3 is 0 Å². The van der Waals surface area contributed by atoms with Crippen molar-refractivity contribution < 1.29 is 4.79 Å². The number of hydrogen-bond acceptors (Lipinski definition) is 4. The molecule has 2 atom stereocenters. The van der Waals surface area contributed by atoms with Gasteiger partial charge in [0.1, 0.15) is 17.2 Å². The van der Waals surface area contributed by atoms with Gasteiger partial charge in [-0.2, -0.15) is 0 Å². The van der Waals surface area contributed by atoms with Gasteiger partial charge in [-0.3, -0.25) is 4.79 Å². The van der Waals surface area contributed by atoms with Gasteiger partial charge in [0.15, 0.2) is 5.71 Å². The molecule has 2 aliphatic rings. The van der Waals surface area contributed by atoms with E-state index in [-0.39, 0.29) is 11.6 Å². The second-order valence-electron chi connectivity index (χ2n) is 6.16. The van der Waals surface area contributed by atoms with Crippen molar-refractivity contribution in [3.8, 4) is 0 Å². The lowest BCUT2D eigenvalue weighted by Gasteiger charge is -2.19. The first-order valence-corrected chi connectivity index (χ1v) is 9.05. The second-order valence-corrected chi connectivity index (χ2v) is 7.00. The number of hydrogen-bond donors (Lipinski definition) is 0. The normalized spacial score (nSPS) is 18.8. The number of carbonyl (C=O) groups is 1. The minimum atomic E-state index is -0.471. The minimum absolute atomic E-state index is 0.185. The Morgan fingerprint density at radius 2 is 1.80 bits per heavy atom. The maximum atomic E-state index is 12.1. The topological polar surface area (TPSA) is 66.5 Å². The monoisotopic (exact) mass is 376 g/mol. The van der Waals surface area contributed by atoms with E-state index in [1.54, 1.807) is 18.2 Å². The molecule has 0 saturated carbocycles. The summed E-state index contributed by atoms with van der Waals surface area (Å²) in [5.74, 6) is 0.803. The molecule has 0 radical (unpaired) electrons. The highest BCUT2D eigenvalue weighted by Crippen LogP contribution is 2.36. The Hall–Kier alpha value is -1.85. The molecule has 1 aromatic carbocycles. The van der Waals surface area contributed by atoms with Crippen molar-refractivity contribution in [2.75, 3.05) is 0 Å². The molecule has 0 aliphatic carbocycles. The maximum Gasteiger partial charge on any atom is 0.316 e. The fraction of sp³-hybridized carbons (Fsp3) is 0.389. The Balaban J connectivity index is 2.12. The van der Waals surface area contributed by atoms with E-state index in [1.165, 1.54) is 0 Å². The molecule has 130 valence electrons. The Kier molecular flexibility index (Phi) is 5.16. The van der Waals surface area contributed by atoms with Gasteiger partial charge >= 0.3 is 5.91 Å². The predicted octanol–water partition coefficient (Wildman–Crippen LogP) is 5.58. The SMILES string of the molecule is CCC(C)C(CC)C1=NC2=C(c3ccc(Cl)cc3Cl)N=NC(=O)C2=N1. The average molecular weight is 377 g/mol. The fourth-order valence-corrected chi connectivity index (χ4v) is 3.52. The number of amides is 1. The van der Waals surface area contributed by atoms with Crippen molar-refractivity contribution in [1.82, 2.24) is 0 Å². The number of fused-ring (bicyclic) bond motifs is 1. The van der Waals surface area contributed by atoms with Crippen molar-refractivity contribution in [3.63, 3.8) is 0 Å². The van der Waals surface area contributed by atoms with Crippen molar-refractivity contribution in [2.24, 2.45) is 32.0 Å². The number of carbonyl (C=O) groups excluding carboxylic acids is 1. The number of amidine groups is 1. The third-order valence-electron chi connectivity index (χ3n) is 4.63. The summed E-state index contributed by atoms with van der Waals surface area (Å²) in [5, 5.41) is 8.70. The highest BCUT2D eigenvalue weighted by molar-refractivity contribution is 6.50. The molecule has 0 saturated heterocycles. The summed E-state index contributed by atoms with van der Waals surface area (Å²) in [6.45, 7) is 6.40. The summed E-state index contributed by atoms with van der Waals surface area (Å²) in [5.41, 5.74) is 1.77. The van der Waals surface area contributed by atoms with E-state index < -0.39 is 5.91 Å². The lowest BCUT2D eigenvalue weighted by molar-refractivity contribution is -0.112. The van der Waals surface area contributed by atoms with Crippen molar-refractivity contribution >= 4 is 46.4 Å². The van der Waals surface area contributed by atoms with Gasteiger partial charge in [0.05, 0.1) is 5.02 Å². The zero-order valence-electron chi connectivity index (χ0n) is 14.3. The van der Waals surface area contributed by atoms with E-state index in [9.17, 15) is 4.79 Å². The maximum absolute atomic E-state index is 12.1. The summed E-state index contributed by atoms with van der Waals surface area (Å²) < 4.78 is 0. The highest BCUT2D eigenvalue weighted by Gasteiger charge is 2.34. The molecule has 0 fully saturated rings. The quantitative estimate of drug-likeness (QED) is 0.661. The third kappa shape index (κ3) is 3.31. The molecule has 0 bridgehead atoms. The Morgan fingerprint density at radius 1 is 1.04 bits per heavy atom. The van der Waals surface area contributed by atoms with Crippen LogP contribution in [0.3, 0.4) is 0 Å². The summed E-state index contributed by atoms with van der Waals surface area (Å²) in [6, 6.07) is 5.09. The molecular formula is C18H18Cl2N4O. The molecule has 2 aliphatic heterocycles. The number of benzene rings is 1. The lowest BCUT2D eigenvalue weighted by Crippen LogP contribution is -2.19. The van der Waals surface area contributed by atoms with E-state index in [0.717, 1.165) is 12.8 Å². The largest absolute Gasteiger partial charge is 0.316 e. The van der Waals surface area contributed by atoms with Crippen LogP contribution in [0.5, 0.6) is 0 Å². The van der Waals surface area contributed by atoms with Crippen LogP contribution < -0.4 is 0 Å². The number of azo groups is 1. The average Bonchev–Trinajstić information content (AvgIpc) is 3.02. The minimum Gasteiger partial charge on any atom is -0.263 e. The summed E-state index contributed by atoms with van der Waals surface area (Å²) >= 11 is 12.3. The van der Waals surface area contributed by atoms with Gasteiger partial charge in [-0.05, 0) is 30.5 Å². The molecule has 1 amide bonds. The number of rotatable bonds is 5. The molecule has 2 heterocycles. The van der Waals surface area contributed by atoms with Crippen LogP contribution in [0.4, 0.5) is 0 Å². The summed E-state index contributed by atoms with van der Waals surface area (Å²) in [6.07, 6.45) is 1.91. The van der Waals surface area contributed by atoms with E-state index in [2.05, 4.69) is 41.0 Å². The molecule has 0 spiro atoms. The zero-order valence-corrected chi connectivity index (χ0v) is 15.8. The van der Waals surface area contributed by atoms with E-state index in [4.69, 9.17) is 23.2 Å². The van der Waals surface area contributed by atoms with Gasteiger partial charge in [0.2, 0.25) is 0 Å². The van der Waals surface area contributed by atoms with Gasteiger partial charge in [0.25, 0.3) is 0 Å². The van der Waals surface area contributed by atoms with Crippen LogP contribution >= 0.6 is 23.2 Å². The van der Waals surface area contributed by atoms with E-state index in [1.807, 2.05) is 0 Å². The summed E-state index contributed by atoms with van der Waals surface area (Å²) in [4.78, 5) is 21.3. The third-order valence-corrected chi connectivity index (χ3v) is 5.18. The molecule has 1 aromatic rings. The first-order chi connectivity index (χ1) is 12.0. The molecule has 0 N–H and O–H groups in total. The highest BCUT2D eigenvalue weighted by atomic mass is 35.5. The number of nitrogens with zero attached hydrogens (tertiary/aromatic N) is 4. The Labute approximate surface area is 156 Å². The van der Waals surface area contributed by atoms with Crippen LogP contribution in [0.15, 0.2) is 44.1 Å². The van der Waals surface area contributed by atoms with Gasteiger partial charge in [-0.1, -0.05) is 50.4 Å². The molecule has 2 unspecified atom stereocenters. The van der Waals surface area contributed by atoms with Crippen LogP contribution in [0.1, 0.15) is 39.2 Å². The van der Waals surface area contributed by atoms with Crippen LogP contribution in [-0.4, -0.2) is 17.5 Å². The van der Waals surface area contributed by atoms with Gasteiger partial charge in [-0.25, -0.2) is 9.98 Å². The first-order valence-electron chi connectivity index (χ1n) is 8.29. The molecular weight excluding hydrogens is 359 g/mol. The van der Waals surface area contributed by atoms with Crippen molar-refractivity contribution in [3.05, 3.63) is 39.5 Å². The number of halogens is 2. The predicted molar refractivity (Wildman–Crippen MR) is 101 cm³/mol. The van der Waals surface area contributed by atoms with Gasteiger partial charge in [0, 0.05) is 16.5 Å². The van der Waals surface area contributed by atoms with Crippen LogP contribution in [0.25, 0.3) is 5.70 Å². The summed E-state index contributed by atoms with van der Waals surface area (Å²) in [7, 11) is 0. The van der Waals surface area contributed by atoms with Gasteiger partial charge in [-0.15, -0.1) is 10.2 Å². The van der Waals surface area contributed by atoms with E-state index >= 15 is 0 Å².